The van der Waals surface area contributed by atoms with Crippen LogP contribution in [0, 0.1) is 0 Å². The van der Waals surface area contributed by atoms with Crippen molar-refractivity contribution in [1.82, 2.24) is 14.3 Å². The minimum absolute atomic E-state index is 0.139. The highest BCUT2D eigenvalue weighted by molar-refractivity contribution is 7.89. The molecule has 156 valence electrons. The van der Waals surface area contributed by atoms with Gasteiger partial charge in [0.1, 0.15) is 0 Å². The molecular weight excluding hydrogens is 418 g/mol. The lowest BCUT2D eigenvalue weighted by molar-refractivity contribution is -0.0362. The predicted molar refractivity (Wildman–Crippen MR) is 106 cm³/mol. The van der Waals surface area contributed by atoms with Gasteiger partial charge in [-0.1, -0.05) is 11.6 Å². The molecule has 8 nitrogen and oxygen atoms in total. The van der Waals surface area contributed by atoms with Crippen LogP contribution in [-0.4, -0.2) is 54.1 Å². The van der Waals surface area contributed by atoms with Gasteiger partial charge in [0.2, 0.25) is 15.9 Å². The van der Waals surface area contributed by atoms with E-state index in [-0.39, 0.29) is 41.7 Å². The second kappa shape index (κ2) is 7.39. The first-order valence-corrected chi connectivity index (χ1v) is 11.1. The van der Waals surface area contributed by atoms with Gasteiger partial charge in [-0.25, -0.2) is 13.4 Å². The van der Waals surface area contributed by atoms with Crippen molar-refractivity contribution in [3.8, 4) is 11.9 Å². The third-order valence-electron chi connectivity index (χ3n) is 5.70. The van der Waals surface area contributed by atoms with E-state index in [9.17, 15) is 13.5 Å². The first-order chi connectivity index (χ1) is 13.8. The number of nitrogens with zero attached hydrogens (tertiary/aromatic N) is 3. The van der Waals surface area contributed by atoms with Crippen molar-refractivity contribution in [1.29, 1.82) is 0 Å². The lowest BCUT2D eigenvalue weighted by Gasteiger charge is -2.43. The molecule has 2 saturated heterocycles. The van der Waals surface area contributed by atoms with E-state index < -0.39 is 15.6 Å². The quantitative estimate of drug-likeness (QED) is 0.762. The molecule has 1 aromatic heterocycles. The molecule has 0 saturated carbocycles. The molecule has 2 fully saturated rings. The number of piperidine rings is 1. The summed E-state index contributed by atoms with van der Waals surface area (Å²) in [4.78, 5) is 8.47. The number of sulfonamides is 1. The molecule has 2 unspecified atom stereocenters. The fourth-order valence-electron chi connectivity index (χ4n) is 4.45. The topological polar surface area (TPSA) is 102 Å². The molecule has 2 bridgehead atoms. The van der Waals surface area contributed by atoms with Crippen molar-refractivity contribution in [2.45, 2.75) is 48.3 Å². The van der Waals surface area contributed by atoms with E-state index in [1.54, 1.807) is 16.4 Å². The predicted octanol–water partition coefficient (Wildman–Crippen LogP) is 2.35. The van der Waals surface area contributed by atoms with Gasteiger partial charge in [-0.05, 0) is 49.9 Å². The second-order valence-electron chi connectivity index (χ2n) is 7.39. The Morgan fingerprint density at radius 2 is 1.76 bits per heavy atom. The summed E-state index contributed by atoms with van der Waals surface area (Å²) in [6.07, 6.45) is 3.33. The molecule has 1 N–H and O–H groups in total. The summed E-state index contributed by atoms with van der Waals surface area (Å²) < 4.78 is 38.4. The van der Waals surface area contributed by atoms with E-state index >= 15 is 0 Å². The molecule has 2 aliphatic rings. The van der Waals surface area contributed by atoms with Gasteiger partial charge in [0.05, 0.1) is 30.3 Å². The van der Waals surface area contributed by atoms with Crippen LogP contribution in [0.25, 0.3) is 0 Å². The molecule has 0 aliphatic carbocycles. The van der Waals surface area contributed by atoms with Crippen LogP contribution in [0.2, 0.25) is 5.02 Å². The van der Waals surface area contributed by atoms with Gasteiger partial charge >= 0.3 is 6.01 Å². The number of hydrogen-bond donors (Lipinski definition) is 1. The Hall–Kier alpha value is -1.94. The normalized spacial score (nSPS) is 27.0. The van der Waals surface area contributed by atoms with E-state index in [1.807, 2.05) is 0 Å². The Kier molecular flexibility index (Phi) is 5.18. The van der Waals surface area contributed by atoms with Crippen LogP contribution < -0.4 is 9.47 Å². The van der Waals surface area contributed by atoms with Crippen molar-refractivity contribution in [3.63, 3.8) is 0 Å². The average Bonchev–Trinajstić information content (AvgIpc) is 3.01. The van der Waals surface area contributed by atoms with E-state index in [0.29, 0.717) is 23.4 Å². The second-order valence-corrected chi connectivity index (χ2v) is 9.67. The maximum Gasteiger partial charge on any atom is 0.319 e. The van der Waals surface area contributed by atoms with Gasteiger partial charge in [-0.3, -0.25) is 0 Å². The van der Waals surface area contributed by atoms with Crippen LogP contribution in [0.3, 0.4) is 0 Å². The van der Waals surface area contributed by atoms with Gasteiger partial charge in [0, 0.05) is 23.3 Å². The molecule has 29 heavy (non-hydrogen) atoms. The highest BCUT2D eigenvalue weighted by atomic mass is 35.5. The van der Waals surface area contributed by atoms with Crippen LogP contribution in [0.4, 0.5) is 0 Å². The maximum atomic E-state index is 13.2. The Morgan fingerprint density at radius 3 is 2.31 bits per heavy atom. The first kappa shape index (κ1) is 20.3. The Labute approximate surface area is 174 Å². The molecule has 10 heteroatoms. The number of rotatable bonds is 5. The van der Waals surface area contributed by atoms with Gasteiger partial charge in [0.15, 0.2) is 0 Å². The summed E-state index contributed by atoms with van der Waals surface area (Å²) in [6, 6.07) is 5.64. The van der Waals surface area contributed by atoms with Crippen molar-refractivity contribution in [3.05, 3.63) is 41.0 Å². The zero-order valence-corrected chi connectivity index (χ0v) is 17.7. The van der Waals surface area contributed by atoms with Crippen molar-refractivity contribution in [2.24, 2.45) is 0 Å². The molecule has 1 aromatic carbocycles. The molecule has 0 amide bonds. The van der Waals surface area contributed by atoms with E-state index in [4.69, 9.17) is 21.1 Å². The molecular formula is C19H22ClN3O5S. The molecule has 2 aliphatic heterocycles. The van der Waals surface area contributed by atoms with Gasteiger partial charge in [-0.15, -0.1) is 0 Å². The SMILES string of the molecule is COc1ncc(C2(O)CC3CCC(C2)N3S(=O)(=O)c2ccc(Cl)cc2)c(OC)n1. The fourth-order valence-corrected chi connectivity index (χ4v) is 6.44. The number of aromatic nitrogens is 2. The van der Waals surface area contributed by atoms with Crippen molar-refractivity contribution in [2.75, 3.05) is 14.2 Å². The van der Waals surface area contributed by atoms with Crippen LogP contribution >= 0.6 is 11.6 Å². The van der Waals surface area contributed by atoms with E-state index in [1.165, 1.54) is 32.5 Å². The molecule has 2 atom stereocenters. The summed E-state index contributed by atoms with van der Waals surface area (Å²) in [6.45, 7) is 0. The lowest BCUT2D eigenvalue weighted by Crippen LogP contribution is -2.52. The minimum atomic E-state index is -3.69. The molecule has 0 spiro atoms. The summed E-state index contributed by atoms with van der Waals surface area (Å²) in [5, 5.41) is 11.9. The number of methoxy groups -OCH3 is 2. The van der Waals surface area contributed by atoms with E-state index in [2.05, 4.69) is 9.97 Å². The first-order valence-electron chi connectivity index (χ1n) is 9.25. The standard InChI is InChI=1S/C19H22ClN3O5S/c1-27-17-16(11-21-18(22-17)28-2)19(24)9-13-5-6-14(10-19)23(13)29(25,26)15-7-3-12(20)4-8-15/h3-4,7-8,11,13-14,24H,5-6,9-10H2,1-2H3. The number of benzene rings is 1. The zero-order chi connectivity index (χ0) is 20.8. The highest BCUT2D eigenvalue weighted by Crippen LogP contribution is 2.49. The Bertz CT molecular complexity index is 1000. The fraction of sp³-hybridized carbons (Fsp3) is 0.474. The lowest BCUT2D eigenvalue weighted by atomic mass is 9.82. The molecule has 2 aromatic rings. The van der Waals surface area contributed by atoms with Crippen molar-refractivity contribution >= 4 is 21.6 Å². The Morgan fingerprint density at radius 1 is 1.14 bits per heavy atom. The molecule has 3 heterocycles. The number of halogens is 1. The minimum Gasteiger partial charge on any atom is -0.481 e. The zero-order valence-electron chi connectivity index (χ0n) is 16.1. The number of fused-ring (bicyclic) bond motifs is 2. The van der Waals surface area contributed by atoms with Gasteiger partial charge in [-0.2, -0.15) is 9.29 Å². The van der Waals surface area contributed by atoms with E-state index in [0.717, 1.165) is 0 Å². The summed E-state index contributed by atoms with van der Waals surface area (Å²) >= 11 is 5.90. The van der Waals surface area contributed by atoms with Crippen LogP contribution in [0.1, 0.15) is 31.2 Å². The average molecular weight is 440 g/mol. The third-order valence-corrected chi connectivity index (χ3v) is 7.97. The smallest absolute Gasteiger partial charge is 0.319 e. The third kappa shape index (κ3) is 3.46. The highest BCUT2D eigenvalue weighted by Gasteiger charge is 2.53. The van der Waals surface area contributed by atoms with Gasteiger partial charge in [0.25, 0.3) is 0 Å². The maximum absolute atomic E-state index is 13.2. The monoisotopic (exact) mass is 439 g/mol. The van der Waals surface area contributed by atoms with Crippen LogP contribution in [0.5, 0.6) is 11.9 Å². The van der Waals surface area contributed by atoms with Crippen molar-refractivity contribution < 1.29 is 23.0 Å². The summed E-state index contributed by atoms with van der Waals surface area (Å²) in [5.74, 6) is 0.229. The summed E-state index contributed by atoms with van der Waals surface area (Å²) in [7, 11) is -0.783. The largest absolute Gasteiger partial charge is 0.481 e. The number of aliphatic hydroxyl groups is 1. The summed E-state index contributed by atoms with van der Waals surface area (Å²) in [5.41, 5.74) is -0.837. The van der Waals surface area contributed by atoms with Gasteiger partial charge < -0.3 is 14.6 Å². The van der Waals surface area contributed by atoms with Crippen LogP contribution in [-0.2, 0) is 15.6 Å². The molecule has 0 radical (unpaired) electrons. The number of hydrogen-bond acceptors (Lipinski definition) is 7. The number of ether oxygens (including phenoxy) is 2. The van der Waals surface area contributed by atoms with Crippen LogP contribution in [0.15, 0.2) is 35.4 Å². The molecule has 4 rings (SSSR count). The Balaban J connectivity index is 1.66.